The van der Waals surface area contributed by atoms with E-state index < -0.39 is 11.3 Å². The number of carbonyl (C=O) groups is 1. The van der Waals surface area contributed by atoms with Gasteiger partial charge in [0.05, 0.1) is 17.3 Å². The summed E-state index contributed by atoms with van der Waals surface area (Å²) in [6.07, 6.45) is 2.87. The van der Waals surface area contributed by atoms with Gasteiger partial charge in [0.2, 0.25) is 0 Å². The number of rotatable bonds is 7. The zero-order valence-corrected chi connectivity index (χ0v) is 17.4. The van der Waals surface area contributed by atoms with E-state index in [1.165, 1.54) is 12.3 Å². The summed E-state index contributed by atoms with van der Waals surface area (Å²) in [5.74, 6) is -0.244. The highest BCUT2D eigenvalue weighted by molar-refractivity contribution is 6.32. The average Bonchev–Trinajstić information content (AvgIpc) is 2.70. The minimum atomic E-state index is -1.06. The second kappa shape index (κ2) is 8.88. The molecule has 2 aromatic rings. The lowest BCUT2D eigenvalue weighted by Gasteiger charge is -2.33. The Morgan fingerprint density at radius 3 is 2.72 bits per heavy atom. The topological polar surface area (TPSA) is 87.0 Å². The van der Waals surface area contributed by atoms with Crippen LogP contribution < -0.4 is 10.2 Å². The quantitative estimate of drug-likeness (QED) is 0.495. The largest absolute Gasteiger partial charge is 0.492 e. The van der Waals surface area contributed by atoms with Gasteiger partial charge >= 0.3 is 5.91 Å². The summed E-state index contributed by atoms with van der Waals surface area (Å²) in [7, 11) is 1.64. The Bertz CT molecular complexity index is 999. The Hall–Kier alpha value is -2.51. The van der Waals surface area contributed by atoms with E-state index in [1.807, 2.05) is 10.6 Å². The molecule has 2 heterocycles. The third-order valence-corrected chi connectivity index (χ3v) is 5.43. The predicted molar refractivity (Wildman–Crippen MR) is 111 cm³/mol. The molecule has 8 heteroatoms. The molecule has 1 aliphatic rings. The van der Waals surface area contributed by atoms with Gasteiger partial charge in [0, 0.05) is 49.2 Å². The van der Waals surface area contributed by atoms with Gasteiger partial charge in [-0.25, -0.2) is 0 Å². The van der Waals surface area contributed by atoms with Crippen molar-refractivity contribution in [1.82, 2.24) is 4.57 Å². The number of halogens is 1. The van der Waals surface area contributed by atoms with Crippen LogP contribution in [0.1, 0.15) is 42.2 Å². The van der Waals surface area contributed by atoms with Crippen molar-refractivity contribution in [2.75, 3.05) is 20.3 Å². The summed E-state index contributed by atoms with van der Waals surface area (Å²) in [6.45, 7) is 5.22. The summed E-state index contributed by atoms with van der Waals surface area (Å²) in [4.78, 5) is 34.8. The molecule has 0 N–H and O–H groups in total. The van der Waals surface area contributed by atoms with Gasteiger partial charge in [-0.1, -0.05) is 25.4 Å². The highest BCUT2D eigenvalue weighted by atomic mass is 35.5. The Labute approximate surface area is 173 Å². The van der Waals surface area contributed by atoms with Crippen molar-refractivity contribution in [3.05, 3.63) is 55.7 Å². The summed E-state index contributed by atoms with van der Waals surface area (Å²) < 4.78 is 12.7. The fraction of sp³-hybridized carbons (Fsp3) is 0.429. The number of fused-ring (bicyclic) bond motifs is 3. The first-order valence-corrected chi connectivity index (χ1v) is 9.83. The molecule has 154 valence electrons. The SMILES string of the molecule is COCCCOc1cc2c(cc1Cl)-c1cc(=O)c(C(=O)N=O)cn1[C@@H](C(C)C)C2. The van der Waals surface area contributed by atoms with Gasteiger partial charge in [-0.15, -0.1) is 4.91 Å². The van der Waals surface area contributed by atoms with Crippen LogP contribution in [0.15, 0.2) is 34.4 Å². The number of ether oxygens (including phenoxy) is 2. The van der Waals surface area contributed by atoms with E-state index in [1.54, 1.807) is 13.2 Å². The van der Waals surface area contributed by atoms with Crippen molar-refractivity contribution in [2.45, 2.75) is 32.7 Å². The first-order valence-electron chi connectivity index (χ1n) is 9.45. The van der Waals surface area contributed by atoms with Gasteiger partial charge in [-0.2, -0.15) is 0 Å². The molecular weight excluding hydrogens is 396 g/mol. The highest BCUT2D eigenvalue weighted by Crippen LogP contribution is 2.41. The van der Waals surface area contributed by atoms with Gasteiger partial charge in [-0.05, 0) is 30.0 Å². The first-order chi connectivity index (χ1) is 13.9. The summed E-state index contributed by atoms with van der Waals surface area (Å²) in [5.41, 5.74) is 1.73. The smallest absolute Gasteiger partial charge is 0.322 e. The van der Waals surface area contributed by atoms with E-state index in [-0.39, 0.29) is 17.5 Å². The molecule has 1 aromatic heterocycles. The lowest BCUT2D eigenvalue weighted by molar-refractivity contribution is 0.0998. The highest BCUT2D eigenvalue weighted by Gasteiger charge is 2.29. The second-order valence-electron chi connectivity index (χ2n) is 7.39. The van der Waals surface area contributed by atoms with E-state index in [9.17, 15) is 14.5 Å². The molecule has 0 unspecified atom stereocenters. The molecule has 1 aromatic carbocycles. The third-order valence-electron chi connectivity index (χ3n) is 5.13. The summed E-state index contributed by atoms with van der Waals surface area (Å²) >= 11 is 6.43. The zero-order chi connectivity index (χ0) is 21.1. The van der Waals surface area contributed by atoms with Crippen molar-refractivity contribution < 1.29 is 14.3 Å². The van der Waals surface area contributed by atoms with Crippen LogP contribution in [0.3, 0.4) is 0 Å². The van der Waals surface area contributed by atoms with Crippen LogP contribution in [0, 0.1) is 10.8 Å². The molecule has 0 saturated carbocycles. The van der Waals surface area contributed by atoms with E-state index in [4.69, 9.17) is 21.1 Å². The molecule has 7 nitrogen and oxygen atoms in total. The molecule has 1 amide bonds. The van der Waals surface area contributed by atoms with Crippen molar-refractivity contribution in [3.8, 4) is 17.0 Å². The van der Waals surface area contributed by atoms with E-state index >= 15 is 0 Å². The second-order valence-corrected chi connectivity index (χ2v) is 7.80. The summed E-state index contributed by atoms with van der Waals surface area (Å²) in [5, 5.41) is 2.84. The number of hydrogen-bond acceptors (Lipinski definition) is 5. The number of pyridine rings is 1. The van der Waals surface area contributed by atoms with Crippen LogP contribution in [0.2, 0.25) is 5.02 Å². The number of benzene rings is 1. The van der Waals surface area contributed by atoms with Crippen LogP contribution >= 0.6 is 11.6 Å². The summed E-state index contributed by atoms with van der Waals surface area (Å²) in [6, 6.07) is 5.07. The van der Waals surface area contributed by atoms with Crippen LogP contribution in [-0.4, -0.2) is 30.8 Å². The average molecular weight is 419 g/mol. The Morgan fingerprint density at radius 1 is 1.31 bits per heavy atom. The van der Waals surface area contributed by atoms with E-state index in [0.717, 1.165) is 17.5 Å². The van der Waals surface area contributed by atoms with Gasteiger partial charge < -0.3 is 14.0 Å². The van der Waals surface area contributed by atoms with Gasteiger partial charge in [0.25, 0.3) is 0 Å². The molecule has 0 aliphatic carbocycles. The minimum absolute atomic E-state index is 0.00109. The number of nitroso groups, excluding NO2 is 1. The molecule has 0 spiro atoms. The van der Waals surface area contributed by atoms with Crippen LogP contribution in [0.5, 0.6) is 5.75 Å². The molecular formula is C21H23ClN2O5. The van der Waals surface area contributed by atoms with Crippen molar-refractivity contribution >= 4 is 17.5 Å². The molecule has 0 fully saturated rings. The zero-order valence-electron chi connectivity index (χ0n) is 16.6. The van der Waals surface area contributed by atoms with Crippen LogP contribution in [0.4, 0.5) is 0 Å². The normalized spacial score (nSPS) is 15.0. The predicted octanol–water partition coefficient (Wildman–Crippen LogP) is 4.24. The van der Waals surface area contributed by atoms with E-state index in [2.05, 4.69) is 19.0 Å². The number of hydrogen-bond donors (Lipinski definition) is 0. The number of nitrogens with zero attached hydrogens (tertiary/aromatic N) is 2. The molecule has 29 heavy (non-hydrogen) atoms. The Kier molecular flexibility index (Phi) is 6.49. The fourth-order valence-electron chi connectivity index (χ4n) is 3.63. The lowest BCUT2D eigenvalue weighted by Crippen LogP contribution is -2.28. The minimum Gasteiger partial charge on any atom is -0.492 e. The van der Waals surface area contributed by atoms with Gasteiger partial charge in [0.15, 0.2) is 5.43 Å². The molecule has 0 radical (unpaired) electrons. The van der Waals surface area contributed by atoms with Crippen molar-refractivity contribution in [1.29, 1.82) is 0 Å². The third kappa shape index (κ3) is 4.26. The molecule has 1 aliphatic heterocycles. The number of aromatic nitrogens is 1. The van der Waals surface area contributed by atoms with E-state index in [0.29, 0.717) is 36.1 Å². The fourth-order valence-corrected chi connectivity index (χ4v) is 3.85. The Balaban J connectivity index is 2.08. The number of carbonyl (C=O) groups excluding carboxylic acids is 1. The maximum Gasteiger partial charge on any atom is 0.322 e. The van der Waals surface area contributed by atoms with Gasteiger partial charge in [-0.3, -0.25) is 9.59 Å². The number of methoxy groups -OCH3 is 1. The van der Waals surface area contributed by atoms with Crippen LogP contribution in [-0.2, 0) is 11.2 Å². The van der Waals surface area contributed by atoms with Crippen molar-refractivity contribution in [2.24, 2.45) is 11.1 Å². The number of amides is 1. The monoisotopic (exact) mass is 418 g/mol. The van der Waals surface area contributed by atoms with Crippen molar-refractivity contribution in [3.63, 3.8) is 0 Å². The standard InChI is InChI=1S/C21H23ClN2O5/c1-12(2)17-7-13-8-20(29-6-4-5-28-3)16(22)9-14(13)18-10-19(25)15(11-24(17)18)21(26)23-27/h8-12,17H,4-7H2,1-3H3/t17-/m1/s1. The maximum atomic E-state index is 12.4. The maximum absolute atomic E-state index is 12.4. The lowest BCUT2D eigenvalue weighted by atomic mass is 9.87. The Morgan fingerprint density at radius 2 is 2.07 bits per heavy atom. The molecule has 3 rings (SSSR count). The first kappa shape index (κ1) is 21.2. The molecule has 1 atom stereocenters. The van der Waals surface area contributed by atoms with Crippen LogP contribution in [0.25, 0.3) is 11.3 Å². The van der Waals surface area contributed by atoms with Gasteiger partial charge in [0.1, 0.15) is 11.3 Å². The molecule has 0 bridgehead atoms. The molecule has 0 saturated heterocycles.